The standard InChI is InChI=1S/C9H15NO2S2/c1-2-12-8(11)7-3-5-10(6-4-7)9(13)14/h7H,2-6H2,1H3,(H,13,14)/p-1. The summed E-state index contributed by atoms with van der Waals surface area (Å²) in [6, 6.07) is 0. The van der Waals surface area contributed by atoms with E-state index in [2.05, 4.69) is 0 Å². The van der Waals surface area contributed by atoms with Crippen LogP contribution in [0.15, 0.2) is 0 Å². The number of thiocarbonyl (C=S) groups is 1. The van der Waals surface area contributed by atoms with Gasteiger partial charge in [-0.25, -0.2) is 0 Å². The predicted molar refractivity (Wildman–Crippen MR) is 60.9 cm³/mol. The quantitative estimate of drug-likeness (QED) is 0.404. The van der Waals surface area contributed by atoms with Crippen LogP contribution in [0.2, 0.25) is 0 Å². The van der Waals surface area contributed by atoms with E-state index in [0.717, 1.165) is 25.9 Å². The summed E-state index contributed by atoms with van der Waals surface area (Å²) >= 11 is 9.79. The molecule has 80 valence electrons. The Balaban J connectivity index is 2.35. The van der Waals surface area contributed by atoms with Crippen molar-refractivity contribution in [3.05, 3.63) is 0 Å². The van der Waals surface area contributed by atoms with Gasteiger partial charge in [-0.1, -0.05) is 4.32 Å². The fourth-order valence-corrected chi connectivity index (χ4v) is 1.92. The van der Waals surface area contributed by atoms with Gasteiger partial charge in [-0.2, -0.15) is 0 Å². The van der Waals surface area contributed by atoms with E-state index in [4.69, 9.17) is 29.6 Å². The van der Waals surface area contributed by atoms with Gasteiger partial charge in [0, 0.05) is 13.1 Å². The maximum absolute atomic E-state index is 11.4. The molecule has 0 amide bonds. The molecule has 0 radical (unpaired) electrons. The van der Waals surface area contributed by atoms with Gasteiger partial charge in [0.05, 0.1) is 12.5 Å². The Bertz CT molecular complexity index is 225. The minimum Gasteiger partial charge on any atom is -0.466 e. The molecule has 0 N–H and O–H groups in total. The number of nitrogens with zero attached hydrogens (tertiary/aromatic N) is 1. The molecular formula is C9H14NO2S2-. The van der Waals surface area contributed by atoms with Gasteiger partial charge in [0.2, 0.25) is 0 Å². The molecule has 1 heterocycles. The van der Waals surface area contributed by atoms with Crippen LogP contribution in [0.5, 0.6) is 0 Å². The van der Waals surface area contributed by atoms with Crippen LogP contribution in [0.1, 0.15) is 19.8 Å². The van der Waals surface area contributed by atoms with Gasteiger partial charge in [-0.05, 0) is 19.8 Å². The first kappa shape index (κ1) is 11.7. The molecule has 0 aromatic rings. The maximum Gasteiger partial charge on any atom is 0.309 e. The highest BCUT2D eigenvalue weighted by Crippen LogP contribution is 2.18. The molecule has 1 aliphatic heterocycles. The molecule has 1 fully saturated rings. The van der Waals surface area contributed by atoms with Gasteiger partial charge < -0.3 is 34.5 Å². The number of hydrogen-bond acceptors (Lipinski definition) is 4. The van der Waals surface area contributed by atoms with Gasteiger partial charge in [0.1, 0.15) is 0 Å². The molecule has 1 aliphatic rings. The monoisotopic (exact) mass is 232 g/mol. The van der Waals surface area contributed by atoms with E-state index in [9.17, 15) is 4.79 Å². The molecule has 0 aromatic heterocycles. The predicted octanol–water partition coefficient (Wildman–Crippen LogP) is 1.09. The summed E-state index contributed by atoms with van der Waals surface area (Å²) in [5.41, 5.74) is 0. The van der Waals surface area contributed by atoms with E-state index < -0.39 is 0 Å². The van der Waals surface area contributed by atoms with E-state index in [-0.39, 0.29) is 11.9 Å². The molecule has 3 nitrogen and oxygen atoms in total. The molecular weight excluding hydrogens is 218 g/mol. The lowest BCUT2D eigenvalue weighted by molar-refractivity contribution is -0.149. The molecule has 0 aromatic carbocycles. The lowest BCUT2D eigenvalue weighted by atomic mass is 9.97. The second-order valence-electron chi connectivity index (χ2n) is 3.28. The van der Waals surface area contributed by atoms with Crippen LogP contribution in [-0.2, 0) is 22.2 Å². The van der Waals surface area contributed by atoms with Crippen molar-refractivity contribution in [3.63, 3.8) is 0 Å². The lowest BCUT2D eigenvalue weighted by Gasteiger charge is -2.35. The minimum absolute atomic E-state index is 0.0375. The Morgan fingerprint density at radius 2 is 2.14 bits per heavy atom. The highest BCUT2D eigenvalue weighted by Gasteiger charge is 2.24. The molecule has 1 saturated heterocycles. The average Bonchev–Trinajstić information content (AvgIpc) is 2.18. The Morgan fingerprint density at radius 3 is 2.57 bits per heavy atom. The SMILES string of the molecule is CCOC(=O)C1CCN(C(=S)[S-])CC1. The summed E-state index contributed by atoms with van der Waals surface area (Å²) in [6.45, 7) is 3.85. The second-order valence-corrected chi connectivity index (χ2v) is 4.31. The molecule has 0 saturated carbocycles. The van der Waals surface area contributed by atoms with Crippen molar-refractivity contribution < 1.29 is 9.53 Å². The highest BCUT2D eigenvalue weighted by atomic mass is 32.1. The third-order valence-corrected chi connectivity index (χ3v) is 2.89. The average molecular weight is 232 g/mol. The zero-order valence-corrected chi connectivity index (χ0v) is 9.83. The van der Waals surface area contributed by atoms with Crippen molar-refractivity contribution in [2.45, 2.75) is 19.8 Å². The van der Waals surface area contributed by atoms with Crippen molar-refractivity contribution >= 4 is 35.1 Å². The van der Waals surface area contributed by atoms with E-state index in [0.29, 0.717) is 10.9 Å². The van der Waals surface area contributed by atoms with Crippen LogP contribution >= 0.6 is 12.2 Å². The Kier molecular flexibility index (Phi) is 4.54. The van der Waals surface area contributed by atoms with E-state index in [1.165, 1.54) is 0 Å². The number of carbonyl (C=O) groups excluding carboxylic acids is 1. The number of ether oxygens (including phenoxy) is 1. The molecule has 0 unspecified atom stereocenters. The van der Waals surface area contributed by atoms with Crippen molar-refractivity contribution in [2.24, 2.45) is 5.92 Å². The molecule has 14 heavy (non-hydrogen) atoms. The summed E-state index contributed by atoms with van der Waals surface area (Å²) in [5.74, 6) is -0.0435. The summed E-state index contributed by atoms with van der Waals surface area (Å²) in [4.78, 5) is 13.3. The smallest absolute Gasteiger partial charge is 0.309 e. The number of piperidine rings is 1. The van der Waals surface area contributed by atoms with Gasteiger partial charge >= 0.3 is 5.97 Å². The zero-order chi connectivity index (χ0) is 10.6. The molecule has 0 bridgehead atoms. The van der Waals surface area contributed by atoms with Gasteiger partial charge in [0.25, 0.3) is 0 Å². The van der Waals surface area contributed by atoms with Crippen LogP contribution in [0.25, 0.3) is 0 Å². The Labute approximate surface area is 95.2 Å². The molecule has 0 aliphatic carbocycles. The maximum atomic E-state index is 11.4. The van der Waals surface area contributed by atoms with Crippen molar-refractivity contribution in [1.29, 1.82) is 0 Å². The highest BCUT2D eigenvalue weighted by molar-refractivity contribution is 8.00. The molecule has 0 atom stereocenters. The van der Waals surface area contributed by atoms with Crippen molar-refractivity contribution in [2.75, 3.05) is 19.7 Å². The largest absolute Gasteiger partial charge is 0.466 e. The number of likely N-dealkylation sites (tertiary alicyclic amines) is 1. The fourth-order valence-electron chi connectivity index (χ4n) is 1.56. The summed E-state index contributed by atoms with van der Waals surface area (Å²) in [7, 11) is 0. The number of rotatable bonds is 2. The van der Waals surface area contributed by atoms with E-state index in [1.54, 1.807) is 0 Å². The van der Waals surface area contributed by atoms with Gasteiger partial charge in [-0.3, -0.25) is 4.79 Å². The van der Waals surface area contributed by atoms with Crippen LogP contribution in [0.3, 0.4) is 0 Å². The van der Waals surface area contributed by atoms with Gasteiger partial charge in [-0.15, -0.1) is 0 Å². The van der Waals surface area contributed by atoms with Crippen molar-refractivity contribution in [1.82, 2.24) is 4.90 Å². The number of esters is 1. The third kappa shape index (κ3) is 3.06. The Morgan fingerprint density at radius 1 is 1.57 bits per heavy atom. The third-order valence-electron chi connectivity index (χ3n) is 2.37. The van der Waals surface area contributed by atoms with E-state index >= 15 is 0 Å². The van der Waals surface area contributed by atoms with Crippen LogP contribution < -0.4 is 0 Å². The number of carbonyl (C=O) groups is 1. The normalized spacial score (nSPS) is 17.9. The van der Waals surface area contributed by atoms with Crippen LogP contribution in [0.4, 0.5) is 0 Å². The van der Waals surface area contributed by atoms with Crippen LogP contribution in [-0.4, -0.2) is 34.9 Å². The fraction of sp³-hybridized carbons (Fsp3) is 0.778. The van der Waals surface area contributed by atoms with E-state index in [1.807, 2.05) is 11.8 Å². The van der Waals surface area contributed by atoms with Gasteiger partial charge in [0.15, 0.2) is 0 Å². The van der Waals surface area contributed by atoms with Crippen molar-refractivity contribution in [3.8, 4) is 0 Å². The summed E-state index contributed by atoms with van der Waals surface area (Å²) in [5, 5.41) is 0. The molecule has 0 spiro atoms. The summed E-state index contributed by atoms with van der Waals surface area (Å²) < 4.78 is 5.47. The lowest BCUT2D eigenvalue weighted by Crippen LogP contribution is -2.39. The zero-order valence-electron chi connectivity index (χ0n) is 8.19. The topological polar surface area (TPSA) is 29.5 Å². The Hall–Kier alpha value is -0.420. The first-order valence-corrected chi connectivity index (χ1v) is 5.59. The molecule has 1 rings (SSSR count). The first-order chi connectivity index (χ1) is 6.65. The number of hydrogen-bond donors (Lipinski definition) is 0. The molecule has 5 heteroatoms. The first-order valence-electron chi connectivity index (χ1n) is 4.77. The van der Waals surface area contributed by atoms with Crippen LogP contribution in [0, 0.1) is 5.92 Å². The summed E-state index contributed by atoms with van der Waals surface area (Å²) in [6.07, 6.45) is 1.60. The minimum atomic E-state index is -0.0811. The second kappa shape index (κ2) is 5.46.